The zero-order valence-electron chi connectivity index (χ0n) is 10.8. The molecule has 0 radical (unpaired) electrons. The minimum absolute atomic E-state index is 0.162. The summed E-state index contributed by atoms with van der Waals surface area (Å²) in [7, 11) is 0. The molecule has 1 N–H and O–H groups in total. The summed E-state index contributed by atoms with van der Waals surface area (Å²) >= 11 is 1.27. The molecular formula is C13H16FNO3S. The van der Waals surface area contributed by atoms with Crippen LogP contribution in [0.5, 0.6) is 0 Å². The monoisotopic (exact) mass is 285 g/mol. The lowest BCUT2D eigenvalue weighted by molar-refractivity contribution is -0.146. The first-order valence-corrected chi connectivity index (χ1v) is 6.86. The van der Waals surface area contributed by atoms with E-state index in [1.807, 2.05) is 0 Å². The second-order valence-electron chi connectivity index (χ2n) is 3.78. The van der Waals surface area contributed by atoms with E-state index >= 15 is 0 Å². The molecular weight excluding hydrogens is 269 g/mol. The van der Waals surface area contributed by atoms with Crippen LogP contribution >= 0.6 is 11.8 Å². The highest BCUT2D eigenvalue weighted by Crippen LogP contribution is 2.17. The normalized spacial score (nSPS) is 11.7. The molecule has 1 unspecified atom stereocenters. The molecule has 1 aromatic rings. The summed E-state index contributed by atoms with van der Waals surface area (Å²) in [4.78, 5) is 23.7. The van der Waals surface area contributed by atoms with Gasteiger partial charge in [0.05, 0.1) is 12.4 Å². The maximum atomic E-state index is 12.7. The Hall–Kier alpha value is -1.56. The molecule has 6 heteroatoms. The Morgan fingerprint density at radius 2 is 2.00 bits per heavy atom. The van der Waals surface area contributed by atoms with Gasteiger partial charge < -0.3 is 10.1 Å². The number of carbonyl (C=O) groups is 2. The largest absolute Gasteiger partial charge is 0.464 e. The number of esters is 1. The summed E-state index contributed by atoms with van der Waals surface area (Å²) in [5.41, 5.74) is 0. The number of nitrogens with one attached hydrogen (secondary N) is 1. The highest BCUT2D eigenvalue weighted by molar-refractivity contribution is 8.00. The first-order valence-electron chi connectivity index (χ1n) is 5.87. The van der Waals surface area contributed by atoms with Gasteiger partial charge in [-0.3, -0.25) is 4.79 Å². The van der Waals surface area contributed by atoms with Crippen LogP contribution in [0.25, 0.3) is 0 Å². The van der Waals surface area contributed by atoms with Crippen molar-refractivity contribution >= 4 is 23.6 Å². The van der Waals surface area contributed by atoms with Gasteiger partial charge in [-0.1, -0.05) is 0 Å². The lowest BCUT2D eigenvalue weighted by Gasteiger charge is -2.12. The number of hydrogen-bond acceptors (Lipinski definition) is 4. The second-order valence-corrected chi connectivity index (χ2v) is 4.83. The van der Waals surface area contributed by atoms with Gasteiger partial charge in [0.25, 0.3) is 0 Å². The molecule has 19 heavy (non-hydrogen) atoms. The summed E-state index contributed by atoms with van der Waals surface area (Å²) in [5.74, 6) is -0.878. The zero-order chi connectivity index (χ0) is 14.3. The molecule has 104 valence electrons. The predicted molar refractivity (Wildman–Crippen MR) is 71.4 cm³/mol. The standard InChI is InChI=1S/C13H16FNO3S/c1-3-18-13(17)9(2)15-12(16)8-19-11-6-4-10(14)5-7-11/h4-7,9H,3,8H2,1-2H3,(H,15,16). The molecule has 1 atom stereocenters. The van der Waals surface area contributed by atoms with Crippen molar-refractivity contribution in [3.63, 3.8) is 0 Å². The first-order chi connectivity index (χ1) is 9.02. The van der Waals surface area contributed by atoms with Gasteiger partial charge in [0, 0.05) is 4.90 Å². The molecule has 0 saturated carbocycles. The number of thioether (sulfide) groups is 1. The average molecular weight is 285 g/mol. The quantitative estimate of drug-likeness (QED) is 0.641. The van der Waals surface area contributed by atoms with Crippen LogP contribution in [0.3, 0.4) is 0 Å². The van der Waals surface area contributed by atoms with Crippen molar-refractivity contribution < 1.29 is 18.7 Å². The SMILES string of the molecule is CCOC(=O)C(C)NC(=O)CSc1ccc(F)cc1. The third-order valence-corrected chi connectivity index (χ3v) is 3.21. The minimum atomic E-state index is -0.665. The Balaban J connectivity index is 2.35. The third kappa shape index (κ3) is 5.74. The van der Waals surface area contributed by atoms with Crippen molar-refractivity contribution in [3.05, 3.63) is 30.1 Å². The van der Waals surface area contributed by atoms with Gasteiger partial charge >= 0.3 is 5.97 Å². The van der Waals surface area contributed by atoms with Gasteiger partial charge in [0.2, 0.25) is 5.91 Å². The second kappa shape index (κ2) is 7.78. The van der Waals surface area contributed by atoms with Gasteiger partial charge in [-0.25, -0.2) is 9.18 Å². The number of benzene rings is 1. The number of amides is 1. The third-order valence-electron chi connectivity index (χ3n) is 2.20. The summed E-state index contributed by atoms with van der Waals surface area (Å²) in [5, 5.41) is 2.54. The smallest absolute Gasteiger partial charge is 0.328 e. The number of hydrogen-bond donors (Lipinski definition) is 1. The van der Waals surface area contributed by atoms with E-state index < -0.39 is 12.0 Å². The van der Waals surface area contributed by atoms with E-state index in [0.29, 0.717) is 0 Å². The maximum absolute atomic E-state index is 12.7. The van der Waals surface area contributed by atoms with Gasteiger partial charge in [-0.05, 0) is 38.1 Å². The number of halogens is 1. The van der Waals surface area contributed by atoms with Gasteiger partial charge in [-0.15, -0.1) is 11.8 Å². The molecule has 1 rings (SSSR count). The summed E-state index contributed by atoms with van der Waals surface area (Å²) < 4.78 is 17.5. The molecule has 1 amide bonds. The molecule has 4 nitrogen and oxygen atoms in total. The highest BCUT2D eigenvalue weighted by Gasteiger charge is 2.16. The van der Waals surface area contributed by atoms with Crippen LogP contribution in [0.4, 0.5) is 4.39 Å². The van der Waals surface area contributed by atoms with Crippen molar-refractivity contribution in [2.24, 2.45) is 0 Å². The van der Waals surface area contributed by atoms with Crippen LogP contribution in [-0.4, -0.2) is 30.3 Å². The number of ether oxygens (including phenoxy) is 1. The van der Waals surface area contributed by atoms with Crippen LogP contribution < -0.4 is 5.32 Å². The molecule has 0 aliphatic rings. The molecule has 0 aliphatic heterocycles. The van der Waals surface area contributed by atoms with E-state index in [-0.39, 0.29) is 24.1 Å². The fraction of sp³-hybridized carbons (Fsp3) is 0.385. The lowest BCUT2D eigenvalue weighted by Crippen LogP contribution is -2.40. The molecule has 0 aliphatic carbocycles. The van der Waals surface area contributed by atoms with Crippen molar-refractivity contribution in [3.8, 4) is 0 Å². The van der Waals surface area contributed by atoms with Crippen LogP contribution in [0.1, 0.15) is 13.8 Å². The predicted octanol–water partition coefficient (Wildman–Crippen LogP) is 1.99. The first kappa shape index (κ1) is 15.5. The molecule has 0 bridgehead atoms. The van der Waals surface area contributed by atoms with Crippen LogP contribution in [0.2, 0.25) is 0 Å². The van der Waals surface area contributed by atoms with Crippen molar-refractivity contribution in [1.82, 2.24) is 5.32 Å². The highest BCUT2D eigenvalue weighted by atomic mass is 32.2. The van der Waals surface area contributed by atoms with Gasteiger partial charge in [0.15, 0.2) is 0 Å². The molecule has 0 aromatic heterocycles. The van der Waals surface area contributed by atoms with Crippen LogP contribution in [0.15, 0.2) is 29.2 Å². The summed E-state index contributed by atoms with van der Waals surface area (Å²) in [6.45, 7) is 3.55. The van der Waals surface area contributed by atoms with E-state index in [9.17, 15) is 14.0 Å². The number of rotatable bonds is 6. The lowest BCUT2D eigenvalue weighted by atomic mass is 10.3. The Morgan fingerprint density at radius 3 is 2.58 bits per heavy atom. The van der Waals surface area contributed by atoms with Crippen LogP contribution in [-0.2, 0) is 14.3 Å². The zero-order valence-corrected chi connectivity index (χ0v) is 11.6. The summed E-state index contributed by atoms with van der Waals surface area (Å²) in [6, 6.07) is 5.20. The van der Waals surface area contributed by atoms with Crippen molar-refractivity contribution in [1.29, 1.82) is 0 Å². The fourth-order valence-electron chi connectivity index (χ4n) is 1.29. The Labute approximate surface area is 115 Å². The molecule has 0 spiro atoms. The Bertz CT molecular complexity index is 436. The maximum Gasteiger partial charge on any atom is 0.328 e. The topological polar surface area (TPSA) is 55.4 Å². The van der Waals surface area contributed by atoms with Crippen molar-refractivity contribution in [2.75, 3.05) is 12.4 Å². The average Bonchev–Trinajstić information content (AvgIpc) is 2.38. The Kier molecular flexibility index (Phi) is 6.35. The molecule has 0 heterocycles. The van der Waals surface area contributed by atoms with E-state index in [0.717, 1.165) is 4.90 Å². The number of carbonyl (C=O) groups excluding carboxylic acids is 2. The van der Waals surface area contributed by atoms with E-state index in [2.05, 4.69) is 5.32 Å². The molecule has 0 saturated heterocycles. The van der Waals surface area contributed by atoms with Crippen LogP contribution in [0, 0.1) is 5.82 Å². The molecule has 1 aromatic carbocycles. The van der Waals surface area contributed by atoms with E-state index in [1.54, 1.807) is 26.0 Å². The fourth-order valence-corrected chi connectivity index (χ4v) is 2.00. The van der Waals surface area contributed by atoms with Crippen molar-refractivity contribution in [2.45, 2.75) is 24.8 Å². The minimum Gasteiger partial charge on any atom is -0.464 e. The molecule has 0 fully saturated rings. The van der Waals surface area contributed by atoms with E-state index in [1.165, 1.54) is 23.9 Å². The van der Waals surface area contributed by atoms with Gasteiger partial charge in [0.1, 0.15) is 11.9 Å². The summed E-state index contributed by atoms with van der Waals surface area (Å²) in [6.07, 6.45) is 0. The van der Waals surface area contributed by atoms with E-state index in [4.69, 9.17) is 4.74 Å². The van der Waals surface area contributed by atoms with Gasteiger partial charge in [-0.2, -0.15) is 0 Å². The Morgan fingerprint density at radius 1 is 1.37 bits per heavy atom.